The van der Waals surface area contributed by atoms with Crippen LogP contribution in [-0.2, 0) is 13.0 Å². The summed E-state index contributed by atoms with van der Waals surface area (Å²) in [6.45, 7) is 6.78. The molecule has 0 spiro atoms. The molecule has 0 aliphatic carbocycles. The molecule has 0 aliphatic rings. The summed E-state index contributed by atoms with van der Waals surface area (Å²) in [6.07, 6.45) is 2.42. The van der Waals surface area contributed by atoms with Crippen LogP contribution in [-0.4, -0.2) is 15.7 Å². The fraction of sp³-hybridized carbons (Fsp3) is 0.238. The standard InChI is InChI=1S/C21H23N3O/c1-4-20-18(13-22-24(20)14-17-10-6-5-7-11-17)21(25)23-19-12-8-9-15(2)16(19)3/h5-13H,4,14H2,1-3H3,(H,23,25). The monoisotopic (exact) mass is 333 g/mol. The van der Waals surface area contributed by atoms with Gasteiger partial charge in [-0.1, -0.05) is 49.4 Å². The van der Waals surface area contributed by atoms with E-state index in [0.717, 1.165) is 28.9 Å². The van der Waals surface area contributed by atoms with Gasteiger partial charge < -0.3 is 5.32 Å². The number of rotatable bonds is 5. The number of carbonyl (C=O) groups excluding carboxylic acids is 1. The Morgan fingerprint density at radius 1 is 1.08 bits per heavy atom. The first-order chi connectivity index (χ1) is 12.1. The molecular formula is C21H23N3O. The molecule has 1 heterocycles. The lowest BCUT2D eigenvalue weighted by molar-refractivity contribution is 0.102. The summed E-state index contributed by atoms with van der Waals surface area (Å²) in [6, 6.07) is 16.1. The Kier molecular flexibility index (Phi) is 4.98. The van der Waals surface area contributed by atoms with Gasteiger partial charge in [0.2, 0.25) is 0 Å². The molecule has 1 N–H and O–H groups in total. The number of benzene rings is 2. The van der Waals surface area contributed by atoms with Crippen LogP contribution in [0.2, 0.25) is 0 Å². The highest BCUT2D eigenvalue weighted by molar-refractivity contribution is 6.05. The van der Waals surface area contributed by atoms with Gasteiger partial charge in [-0.2, -0.15) is 5.10 Å². The summed E-state index contributed by atoms with van der Waals surface area (Å²) < 4.78 is 1.91. The Morgan fingerprint density at radius 2 is 1.84 bits per heavy atom. The van der Waals surface area contributed by atoms with E-state index in [9.17, 15) is 4.79 Å². The van der Waals surface area contributed by atoms with Crippen LogP contribution in [0, 0.1) is 13.8 Å². The number of aromatic nitrogens is 2. The van der Waals surface area contributed by atoms with Gasteiger partial charge in [-0.3, -0.25) is 9.48 Å². The fourth-order valence-corrected chi connectivity index (χ4v) is 2.94. The predicted octanol–water partition coefficient (Wildman–Crippen LogP) is 4.36. The first-order valence-electron chi connectivity index (χ1n) is 8.56. The number of carbonyl (C=O) groups is 1. The molecule has 0 radical (unpaired) electrons. The van der Waals surface area contributed by atoms with Crippen molar-refractivity contribution < 1.29 is 4.79 Å². The van der Waals surface area contributed by atoms with Crippen molar-refractivity contribution in [2.24, 2.45) is 0 Å². The van der Waals surface area contributed by atoms with Crippen LogP contribution in [0.15, 0.2) is 54.7 Å². The molecule has 25 heavy (non-hydrogen) atoms. The summed E-state index contributed by atoms with van der Waals surface area (Å²) in [5.41, 5.74) is 5.86. The molecule has 0 aliphatic heterocycles. The Bertz CT molecular complexity index is 881. The summed E-state index contributed by atoms with van der Waals surface area (Å²) in [5.74, 6) is -0.107. The van der Waals surface area contributed by atoms with E-state index in [1.54, 1.807) is 6.20 Å². The number of hydrogen-bond donors (Lipinski definition) is 1. The van der Waals surface area contributed by atoms with Crippen molar-refractivity contribution in [1.29, 1.82) is 0 Å². The van der Waals surface area contributed by atoms with Crippen LogP contribution in [0.25, 0.3) is 0 Å². The fourth-order valence-electron chi connectivity index (χ4n) is 2.94. The van der Waals surface area contributed by atoms with E-state index in [4.69, 9.17) is 0 Å². The van der Waals surface area contributed by atoms with E-state index < -0.39 is 0 Å². The molecule has 1 amide bonds. The molecule has 0 bridgehead atoms. The molecule has 0 saturated carbocycles. The zero-order valence-electron chi connectivity index (χ0n) is 14.9. The van der Waals surface area contributed by atoms with E-state index >= 15 is 0 Å². The second kappa shape index (κ2) is 7.34. The molecule has 0 saturated heterocycles. The minimum atomic E-state index is -0.107. The molecule has 128 valence electrons. The lowest BCUT2D eigenvalue weighted by atomic mass is 10.1. The summed E-state index contributed by atoms with van der Waals surface area (Å²) in [7, 11) is 0. The second-order valence-electron chi connectivity index (χ2n) is 6.20. The van der Waals surface area contributed by atoms with Gasteiger partial charge in [0.15, 0.2) is 0 Å². The first-order valence-corrected chi connectivity index (χ1v) is 8.56. The highest BCUT2D eigenvalue weighted by Crippen LogP contribution is 2.20. The normalized spacial score (nSPS) is 10.7. The number of nitrogens with one attached hydrogen (secondary N) is 1. The minimum absolute atomic E-state index is 0.107. The molecule has 0 fully saturated rings. The zero-order valence-corrected chi connectivity index (χ0v) is 14.9. The molecule has 4 nitrogen and oxygen atoms in total. The van der Waals surface area contributed by atoms with Crippen molar-refractivity contribution in [3.8, 4) is 0 Å². The SMILES string of the molecule is CCc1c(C(=O)Nc2cccc(C)c2C)cnn1Cc1ccccc1. The highest BCUT2D eigenvalue weighted by atomic mass is 16.1. The van der Waals surface area contributed by atoms with Gasteiger partial charge in [0.25, 0.3) is 5.91 Å². The Balaban J connectivity index is 1.85. The highest BCUT2D eigenvalue weighted by Gasteiger charge is 2.17. The molecule has 4 heteroatoms. The topological polar surface area (TPSA) is 46.9 Å². The van der Waals surface area contributed by atoms with Gasteiger partial charge in [0.1, 0.15) is 0 Å². The van der Waals surface area contributed by atoms with Gasteiger partial charge in [-0.25, -0.2) is 0 Å². The average Bonchev–Trinajstić information content (AvgIpc) is 3.02. The number of nitrogens with zero attached hydrogens (tertiary/aromatic N) is 2. The van der Waals surface area contributed by atoms with Crippen LogP contribution in [0.3, 0.4) is 0 Å². The maximum absolute atomic E-state index is 12.8. The van der Waals surface area contributed by atoms with Crippen molar-refractivity contribution in [3.63, 3.8) is 0 Å². The van der Waals surface area contributed by atoms with E-state index in [0.29, 0.717) is 12.1 Å². The second-order valence-corrected chi connectivity index (χ2v) is 6.20. The zero-order chi connectivity index (χ0) is 17.8. The molecule has 0 unspecified atom stereocenters. The van der Waals surface area contributed by atoms with E-state index in [1.807, 2.05) is 61.9 Å². The number of aryl methyl sites for hydroxylation is 1. The molecule has 2 aromatic carbocycles. The molecule has 1 aromatic heterocycles. The number of hydrogen-bond acceptors (Lipinski definition) is 2. The Morgan fingerprint density at radius 3 is 2.56 bits per heavy atom. The van der Waals surface area contributed by atoms with Crippen LogP contribution < -0.4 is 5.32 Å². The van der Waals surface area contributed by atoms with Crippen molar-refractivity contribution in [2.45, 2.75) is 33.7 Å². The average molecular weight is 333 g/mol. The lowest BCUT2D eigenvalue weighted by Gasteiger charge is -2.11. The molecule has 0 atom stereocenters. The maximum Gasteiger partial charge on any atom is 0.259 e. The van der Waals surface area contributed by atoms with Gasteiger partial charge in [-0.15, -0.1) is 0 Å². The van der Waals surface area contributed by atoms with Gasteiger partial charge in [0, 0.05) is 5.69 Å². The Hall–Kier alpha value is -2.88. The van der Waals surface area contributed by atoms with Gasteiger partial charge in [0.05, 0.1) is 24.0 Å². The van der Waals surface area contributed by atoms with E-state index in [-0.39, 0.29) is 5.91 Å². The third-order valence-corrected chi connectivity index (χ3v) is 4.56. The largest absolute Gasteiger partial charge is 0.322 e. The summed E-state index contributed by atoms with van der Waals surface area (Å²) in [5, 5.41) is 7.47. The lowest BCUT2D eigenvalue weighted by Crippen LogP contribution is -2.15. The molecule has 3 rings (SSSR count). The third-order valence-electron chi connectivity index (χ3n) is 4.56. The third kappa shape index (κ3) is 3.63. The smallest absolute Gasteiger partial charge is 0.259 e. The van der Waals surface area contributed by atoms with Crippen LogP contribution >= 0.6 is 0 Å². The van der Waals surface area contributed by atoms with Crippen molar-refractivity contribution in [1.82, 2.24) is 9.78 Å². The van der Waals surface area contributed by atoms with Crippen LogP contribution in [0.5, 0.6) is 0 Å². The molecular weight excluding hydrogens is 310 g/mol. The van der Waals surface area contributed by atoms with Crippen molar-refractivity contribution in [2.75, 3.05) is 5.32 Å². The van der Waals surface area contributed by atoms with Crippen molar-refractivity contribution in [3.05, 3.63) is 82.7 Å². The number of anilines is 1. The first kappa shape index (κ1) is 17.0. The summed E-state index contributed by atoms with van der Waals surface area (Å²) >= 11 is 0. The quantitative estimate of drug-likeness (QED) is 0.754. The maximum atomic E-state index is 12.8. The van der Waals surface area contributed by atoms with Crippen LogP contribution in [0.4, 0.5) is 5.69 Å². The molecule has 3 aromatic rings. The van der Waals surface area contributed by atoms with Crippen LogP contribution in [0.1, 0.15) is 39.7 Å². The number of amides is 1. The van der Waals surface area contributed by atoms with E-state index in [1.165, 1.54) is 5.56 Å². The summed E-state index contributed by atoms with van der Waals surface area (Å²) in [4.78, 5) is 12.8. The van der Waals surface area contributed by atoms with Crippen molar-refractivity contribution >= 4 is 11.6 Å². The van der Waals surface area contributed by atoms with Gasteiger partial charge in [-0.05, 0) is 43.0 Å². The van der Waals surface area contributed by atoms with E-state index in [2.05, 4.69) is 22.5 Å². The van der Waals surface area contributed by atoms with Gasteiger partial charge >= 0.3 is 0 Å². The minimum Gasteiger partial charge on any atom is -0.322 e. The Labute approximate surface area is 148 Å². The predicted molar refractivity (Wildman–Crippen MR) is 101 cm³/mol.